The van der Waals surface area contributed by atoms with E-state index in [-0.39, 0.29) is 18.4 Å². The molecule has 0 aliphatic heterocycles. The summed E-state index contributed by atoms with van der Waals surface area (Å²) in [7, 11) is 0. The van der Waals surface area contributed by atoms with E-state index in [0.717, 1.165) is 6.42 Å². The number of nitrogens with one attached hydrogen (secondary N) is 1. The van der Waals surface area contributed by atoms with E-state index in [1.165, 1.54) is 6.92 Å². The maximum Gasteiger partial charge on any atom is 0.258 e. The highest BCUT2D eigenvalue weighted by atomic mass is 35.5. The molecule has 0 saturated carbocycles. The lowest BCUT2D eigenvalue weighted by Crippen LogP contribution is -2.39. The Morgan fingerprint density at radius 2 is 2.00 bits per heavy atom. The summed E-state index contributed by atoms with van der Waals surface area (Å²) in [5.74, 6) is 0.129. The van der Waals surface area contributed by atoms with Crippen molar-refractivity contribution in [2.45, 2.75) is 20.3 Å². The van der Waals surface area contributed by atoms with Crippen molar-refractivity contribution in [1.29, 1.82) is 0 Å². The van der Waals surface area contributed by atoms with Gasteiger partial charge in [-0.25, -0.2) is 0 Å². The summed E-state index contributed by atoms with van der Waals surface area (Å²) in [4.78, 5) is 24.7. The SMILES string of the molecule is CCCN(CCNC(=O)COc1ccc(Cl)cc1Cl)C(C)=O. The van der Waals surface area contributed by atoms with Crippen LogP contribution in [-0.4, -0.2) is 43.0 Å². The number of carbonyl (C=O) groups excluding carboxylic acids is 2. The predicted molar refractivity (Wildman–Crippen MR) is 87.5 cm³/mol. The molecule has 0 atom stereocenters. The van der Waals surface area contributed by atoms with Crippen LogP contribution >= 0.6 is 23.2 Å². The van der Waals surface area contributed by atoms with Crippen LogP contribution in [0.1, 0.15) is 20.3 Å². The number of amides is 2. The summed E-state index contributed by atoms with van der Waals surface area (Å²) >= 11 is 11.7. The molecule has 0 bridgehead atoms. The molecule has 0 unspecified atom stereocenters. The average Bonchev–Trinajstić information content (AvgIpc) is 2.45. The van der Waals surface area contributed by atoms with Gasteiger partial charge in [-0.3, -0.25) is 9.59 Å². The Hall–Kier alpha value is -1.46. The van der Waals surface area contributed by atoms with Crippen LogP contribution in [0.3, 0.4) is 0 Å². The Bertz CT molecular complexity index is 524. The van der Waals surface area contributed by atoms with Crippen molar-refractivity contribution in [2.24, 2.45) is 0 Å². The van der Waals surface area contributed by atoms with E-state index in [2.05, 4.69) is 5.32 Å². The number of rotatable bonds is 8. The Balaban J connectivity index is 2.33. The van der Waals surface area contributed by atoms with Crippen LogP contribution in [-0.2, 0) is 9.59 Å². The molecule has 0 spiro atoms. The van der Waals surface area contributed by atoms with Crippen molar-refractivity contribution in [3.63, 3.8) is 0 Å². The summed E-state index contributed by atoms with van der Waals surface area (Å²) < 4.78 is 5.32. The molecule has 1 N–H and O–H groups in total. The van der Waals surface area contributed by atoms with Crippen molar-refractivity contribution in [3.8, 4) is 5.75 Å². The summed E-state index contributed by atoms with van der Waals surface area (Å²) in [6.45, 7) is 4.92. The van der Waals surface area contributed by atoms with E-state index >= 15 is 0 Å². The van der Waals surface area contributed by atoms with E-state index in [9.17, 15) is 9.59 Å². The topological polar surface area (TPSA) is 58.6 Å². The number of hydrogen-bond donors (Lipinski definition) is 1. The predicted octanol–water partition coefficient (Wildman–Crippen LogP) is 2.75. The van der Waals surface area contributed by atoms with Gasteiger partial charge in [0.25, 0.3) is 5.91 Å². The minimum Gasteiger partial charge on any atom is -0.482 e. The molecule has 1 aromatic carbocycles. The third kappa shape index (κ3) is 6.54. The normalized spacial score (nSPS) is 10.2. The molecule has 0 aromatic heterocycles. The molecule has 1 rings (SSSR count). The summed E-state index contributed by atoms with van der Waals surface area (Å²) in [5.41, 5.74) is 0. The van der Waals surface area contributed by atoms with E-state index < -0.39 is 0 Å². The molecular formula is C15H20Cl2N2O3. The van der Waals surface area contributed by atoms with Gasteiger partial charge in [0.15, 0.2) is 6.61 Å². The first-order valence-corrected chi connectivity index (χ1v) is 7.79. The molecule has 0 fully saturated rings. The molecule has 0 heterocycles. The fourth-order valence-electron chi connectivity index (χ4n) is 1.81. The average molecular weight is 347 g/mol. The Kier molecular flexibility index (Phi) is 8.06. The fraction of sp³-hybridized carbons (Fsp3) is 0.467. The lowest BCUT2D eigenvalue weighted by molar-refractivity contribution is -0.129. The largest absolute Gasteiger partial charge is 0.482 e. The van der Waals surface area contributed by atoms with Crippen LogP contribution < -0.4 is 10.1 Å². The molecule has 0 radical (unpaired) electrons. The third-order valence-electron chi connectivity index (χ3n) is 2.90. The number of benzene rings is 1. The standard InChI is InChI=1S/C15H20Cl2N2O3/c1-3-7-19(11(2)20)8-6-18-15(21)10-22-14-5-4-12(16)9-13(14)17/h4-5,9H,3,6-8,10H2,1-2H3,(H,18,21). The highest BCUT2D eigenvalue weighted by Gasteiger charge is 2.09. The van der Waals surface area contributed by atoms with Gasteiger partial charge >= 0.3 is 0 Å². The Morgan fingerprint density at radius 3 is 2.59 bits per heavy atom. The van der Waals surface area contributed by atoms with Crippen LogP contribution in [0.4, 0.5) is 0 Å². The van der Waals surface area contributed by atoms with E-state index in [0.29, 0.717) is 35.4 Å². The molecule has 22 heavy (non-hydrogen) atoms. The van der Waals surface area contributed by atoms with Crippen LogP contribution in [0, 0.1) is 0 Å². The molecule has 0 saturated heterocycles. The Labute approximate surface area is 140 Å². The van der Waals surface area contributed by atoms with Gasteiger partial charge in [0, 0.05) is 31.6 Å². The maximum absolute atomic E-state index is 11.7. The van der Waals surface area contributed by atoms with Crippen LogP contribution in [0.15, 0.2) is 18.2 Å². The number of halogens is 2. The third-order valence-corrected chi connectivity index (χ3v) is 3.43. The van der Waals surface area contributed by atoms with Gasteiger partial charge in [-0.1, -0.05) is 30.1 Å². The van der Waals surface area contributed by atoms with Gasteiger partial charge in [0.2, 0.25) is 5.91 Å². The highest BCUT2D eigenvalue weighted by Crippen LogP contribution is 2.27. The minimum absolute atomic E-state index is 0.000273. The minimum atomic E-state index is -0.272. The number of nitrogens with zero attached hydrogens (tertiary/aromatic N) is 1. The van der Waals surface area contributed by atoms with Crippen molar-refractivity contribution in [3.05, 3.63) is 28.2 Å². The Morgan fingerprint density at radius 1 is 1.27 bits per heavy atom. The van der Waals surface area contributed by atoms with Crippen LogP contribution in [0.25, 0.3) is 0 Å². The summed E-state index contributed by atoms with van der Waals surface area (Å²) in [5, 5.41) is 3.56. The molecule has 7 heteroatoms. The first-order valence-electron chi connectivity index (χ1n) is 7.04. The van der Waals surface area contributed by atoms with Crippen molar-refractivity contribution >= 4 is 35.0 Å². The van der Waals surface area contributed by atoms with Gasteiger partial charge < -0.3 is 15.0 Å². The zero-order chi connectivity index (χ0) is 16.5. The number of ether oxygens (including phenoxy) is 1. The van der Waals surface area contributed by atoms with E-state index in [4.69, 9.17) is 27.9 Å². The summed E-state index contributed by atoms with van der Waals surface area (Å²) in [6.07, 6.45) is 0.881. The van der Waals surface area contributed by atoms with Gasteiger partial charge in [-0.15, -0.1) is 0 Å². The quantitative estimate of drug-likeness (QED) is 0.787. The maximum atomic E-state index is 11.7. The number of carbonyl (C=O) groups is 2. The second-order valence-electron chi connectivity index (χ2n) is 4.72. The molecule has 0 aliphatic carbocycles. The van der Waals surface area contributed by atoms with Crippen LogP contribution in [0.2, 0.25) is 10.0 Å². The van der Waals surface area contributed by atoms with Gasteiger partial charge in [-0.2, -0.15) is 0 Å². The number of hydrogen-bond acceptors (Lipinski definition) is 3. The first-order chi connectivity index (χ1) is 10.4. The van der Waals surface area contributed by atoms with Gasteiger partial charge in [-0.05, 0) is 24.6 Å². The van der Waals surface area contributed by atoms with E-state index in [1.54, 1.807) is 23.1 Å². The smallest absolute Gasteiger partial charge is 0.258 e. The van der Waals surface area contributed by atoms with Gasteiger partial charge in [0.1, 0.15) is 5.75 Å². The zero-order valence-electron chi connectivity index (χ0n) is 12.7. The summed E-state index contributed by atoms with van der Waals surface area (Å²) in [6, 6.07) is 4.79. The molecule has 5 nitrogen and oxygen atoms in total. The van der Waals surface area contributed by atoms with Gasteiger partial charge in [0.05, 0.1) is 5.02 Å². The lowest BCUT2D eigenvalue weighted by atomic mass is 10.3. The molecular weight excluding hydrogens is 327 g/mol. The lowest BCUT2D eigenvalue weighted by Gasteiger charge is -2.20. The second kappa shape index (κ2) is 9.54. The first kappa shape index (κ1) is 18.6. The van der Waals surface area contributed by atoms with Crippen molar-refractivity contribution in [1.82, 2.24) is 10.2 Å². The zero-order valence-corrected chi connectivity index (χ0v) is 14.2. The van der Waals surface area contributed by atoms with E-state index in [1.807, 2.05) is 6.92 Å². The second-order valence-corrected chi connectivity index (χ2v) is 5.56. The molecule has 0 aliphatic rings. The monoisotopic (exact) mass is 346 g/mol. The van der Waals surface area contributed by atoms with Crippen LogP contribution in [0.5, 0.6) is 5.75 Å². The molecule has 2 amide bonds. The molecule has 1 aromatic rings. The highest BCUT2D eigenvalue weighted by molar-refractivity contribution is 6.35. The van der Waals surface area contributed by atoms with Crippen molar-refractivity contribution < 1.29 is 14.3 Å². The molecule has 122 valence electrons. The van der Waals surface area contributed by atoms with Crippen molar-refractivity contribution in [2.75, 3.05) is 26.2 Å². The fourth-order valence-corrected chi connectivity index (χ4v) is 2.28.